The Kier molecular flexibility index (Phi) is 4.19. The van der Waals surface area contributed by atoms with Crippen molar-refractivity contribution >= 4 is 48.0 Å². The second kappa shape index (κ2) is 4.94. The van der Waals surface area contributed by atoms with E-state index in [1.807, 2.05) is 0 Å². The number of nitro groups is 1. The standard InChI is InChI=1S/C6H2ClF2IN2O4S/c7-17(15,16)6-3(12(13)14)1-2(10)4(11-6)5(8)9/h1,5H. The first-order chi connectivity index (χ1) is 7.64. The molecule has 0 atom stereocenters. The second-order valence-electron chi connectivity index (χ2n) is 2.68. The van der Waals surface area contributed by atoms with Crippen LogP contribution in [0.1, 0.15) is 12.1 Å². The molecule has 1 rings (SSSR count). The van der Waals surface area contributed by atoms with Crippen LogP contribution in [-0.4, -0.2) is 18.3 Å². The lowest BCUT2D eigenvalue weighted by Crippen LogP contribution is -2.06. The van der Waals surface area contributed by atoms with Gasteiger partial charge in [-0.15, -0.1) is 0 Å². The molecule has 1 aromatic rings. The molecule has 0 saturated carbocycles. The molecule has 0 aromatic carbocycles. The molecule has 0 saturated heterocycles. The quantitative estimate of drug-likeness (QED) is 0.338. The highest BCUT2D eigenvalue weighted by molar-refractivity contribution is 14.1. The molecule has 17 heavy (non-hydrogen) atoms. The highest BCUT2D eigenvalue weighted by Gasteiger charge is 2.30. The van der Waals surface area contributed by atoms with Gasteiger partial charge in [-0.05, 0) is 22.6 Å². The van der Waals surface area contributed by atoms with Gasteiger partial charge in [0.15, 0.2) is 0 Å². The summed E-state index contributed by atoms with van der Waals surface area (Å²) >= 11 is 1.39. The van der Waals surface area contributed by atoms with Crippen LogP contribution >= 0.6 is 33.3 Å². The summed E-state index contributed by atoms with van der Waals surface area (Å²) in [7, 11) is 0.326. The highest BCUT2D eigenvalue weighted by atomic mass is 127. The molecule has 0 aliphatic rings. The Balaban J connectivity index is 3.66. The molecule has 0 amide bonds. The number of hydrogen-bond acceptors (Lipinski definition) is 5. The molecule has 0 radical (unpaired) electrons. The van der Waals surface area contributed by atoms with Gasteiger partial charge in [0.05, 0.1) is 4.92 Å². The van der Waals surface area contributed by atoms with Crippen LogP contribution in [0.15, 0.2) is 11.1 Å². The average molecular weight is 399 g/mol. The average Bonchev–Trinajstić information content (AvgIpc) is 2.14. The van der Waals surface area contributed by atoms with Crippen molar-refractivity contribution in [3.8, 4) is 0 Å². The maximum absolute atomic E-state index is 12.5. The number of pyridine rings is 1. The normalized spacial score (nSPS) is 11.8. The summed E-state index contributed by atoms with van der Waals surface area (Å²) in [5.74, 6) is 0. The summed E-state index contributed by atoms with van der Waals surface area (Å²) in [6.07, 6.45) is -3.06. The zero-order valence-corrected chi connectivity index (χ0v) is 11.3. The Morgan fingerprint density at radius 1 is 1.53 bits per heavy atom. The van der Waals surface area contributed by atoms with Gasteiger partial charge in [-0.1, -0.05) is 0 Å². The molecule has 0 bridgehead atoms. The van der Waals surface area contributed by atoms with Crippen LogP contribution in [0, 0.1) is 13.7 Å². The molecule has 1 aromatic heterocycles. The van der Waals surface area contributed by atoms with Gasteiger partial charge in [-0.2, -0.15) is 0 Å². The smallest absolute Gasteiger partial charge is 0.258 e. The molecule has 0 aliphatic heterocycles. The minimum atomic E-state index is -4.57. The maximum Gasteiger partial charge on any atom is 0.308 e. The third-order valence-electron chi connectivity index (χ3n) is 1.58. The number of hydrogen-bond donors (Lipinski definition) is 0. The van der Waals surface area contributed by atoms with E-state index in [0.29, 0.717) is 6.07 Å². The number of aromatic nitrogens is 1. The van der Waals surface area contributed by atoms with Crippen LogP contribution < -0.4 is 0 Å². The minimum Gasteiger partial charge on any atom is -0.258 e. The van der Waals surface area contributed by atoms with Crippen molar-refractivity contribution in [2.24, 2.45) is 0 Å². The van der Waals surface area contributed by atoms with Gasteiger partial charge in [0.1, 0.15) is 5.69 Å². The van der Waals surface area contributed by atoms with E-state index >= 15 is 0 Å². The number of nitrogens with zero attached hydrogens (tertiary/aromatic N) is 2. The van der Waals surface area contributed by atoms with Gasteiger partial charge < -0.3 is 0 Å². The summed E-state index contributed by atoms with van der Waals surface area (Å²) in [4.78, 5) is 12.5. The summed E-state index contributed by atoms with van der Waals surface area (Å²) in [6.45, 7) is 0. The molecule has 11 heteroatoms. The van der Waals surface area contributed by atoms with Crippen molar-refractivity contribution in [2.75, 3.05) is 0 Å². The van der Waals surface area contributed by atoms with E-state index < -0.39 is 36.8 Å². The monoisotopic (exact) mass is 398 g/mol. The highest BCUT2D eigenvalue weighted by Crippen LogP contribution is 2.31. The minimum absolute atomic E-state index is 0.214. The Bertz CT molecular complexity index is 580. The van der Waals surface area contributed by atoms with E-state index in [4.69, 9.17) is 10.7 Å². The van der Waals surface area contributed by atoms with Crippen LogP contribution in [0.25, 0.3) is 0 Å². The SMILES string of the molecule is O=[N+]([O-])c1cc(I)c(C(F)F)nc1S(=O)(=O)Cl. The molecular weight excluding hydrogens is 396 g/mol. The molecule has 0 aliphatic carbocycles. The molecule has 0 fully saturated rings. The Labute approximate surface area is 112 Å². The van der Waals surface area contributed by atoms with Crippen LogP contribution in [0.2, 0.25) is 0 Å². The largest absolute Gasteiger partial charge is 0.308 e. The Morgan fingerprint density at radius 3 is 2.41 bits per heavy atom. The summed E-state index contributed by atoms with van der Waals surface area (Å²) in [6, 6.07) is 0.685. The van der Waals surface area contributed by atoms with E-state index in [2.05, 4.69) is 4.98 Å². The lowest BCUT2D eigenvalue weighted by Gasteiger charge is -2.05. The molecule has 94 valence electrons. The van der Waals surface area contributed by atoms with Gasteiger partial charge in [0, 0.05) is 20.3 Å². The van der Waals surface area contributed by atoms with Crippen molar-refractivity contribution in [3.63, 3.8) is 0 Å². The van der Waals surface area contributed by atoms with Gasteiger partial charge in [0.25, 0.3) is 15.5 Å². The fourth-order valence-electron chi connectivity index (χ4n) is 0.939. The first-order valence-electron chi connectivity index (χ1n) is 3.72. The fourth-order valence-corrected chi connectivity index (χ4v) is 2.52. The third kappa shape index (κ3) is 3.19. The lowest BCUT2D eigenvalue weighted by molar-refractivity contribution is -0.388. The van der Waals surface area contributed by atoms with Gasteiger partial charge >= 0.3 is 5.69 Å². The predicted octanol–water partition coefficient (Wildman–Crippen LogP) is 2.46. The number of rotatable bonds is 3. The third-order valence-corrected chi connectivity index (χ3v) is 3.65. The molecule has 6 nitrogen and oxygen atoms in total. The van der Waals surface area contributed by atoms with E-state index in [1.54, 1.807) is 0 Å². The second-order valence-corrected chi connectivity index (χ2v) is 6.32. The van der Waals surface area contributed by atoms with Gasteiger partial charge in [-0.3, -0.25) is 10.1 Å². The van der Waals surface area contributed by atoms with Gasteiger partial charge in [0.2, 0.25) is 5.03 Å². The first kappa shape index (κ1) is 14.4. The summed E-state index contributed by atoms with van der Waals surface area (Å²) in [5, 5.41) is 9.37. The lowest BCUT2D eigenvalue weighted by atomic mass is 10.3. The van der Waals surface area contributed by atoms with Crippen LogP contribution in [-0.2, 0) is 9.05 Å². The van der Waals surface area contributed by atoms with Crippen molar-refractivity contribution in [1.82, 2.24) is 4.98 Å². The first-order valence-corrected chi connectivity index (χ1v) is 7.11. The fraction of sp³-hybridized carbons (Fsp3) is 0.167. The van der Waals surface area contributed by atoms with Crippen LogP contribution in [0.5, 0.6) is 0 Å². The molecule has 1 heterocycles. The van der Waals surface area contributed by atoms with Gasteiger partial charge in [-0.25, -0.2) is 22.2 Å². The molecule has 0 N–H and O–H groups in total. The van der Waals surface area contributed by atoms with E-state index in [-0.39, 0.29) is 3.57 Å². The summed E-state index contributed by atoms with van der Waals surface area (Å²) < 4.78 is 46.7. The zero-order chi connectivity index (χ0) is 13.4. The maximum atomic E-state index is 12.5. The Morgan fingerprint density at radius 2 is 2.06 bits per heavy atom. The Hall–Kier alpha value is -0.620. The number of halogens is 4. The van der Waals surface area contributed by atoms with E-state index in [9.17, 15) is 27.3 Å². The van der Waals surface area contributed by atoms with E-state index in [1.165, 1.54) is 22.6 Å². The van der Waals surface area contributed by atoms with Crippen molar-refractivity contribution in [2.45, 2.75) is 11.5 Å². The molecular formula is C6H2ClF2IN2O4S. The molecule has 0 unspecified atom stereocenters. The number of alkyl halides is 2. The van der Waals surface area contributed by atoms with Crippen molar-refractivity contribution in [1.29, 1.82) is 0 Å². The van der Waals surface area contributed by atoms with Crippen LogP contribution in [0.3, 0.4) is 0 Å². The molecule has 0 spiro atoms. The topological polar surface area (TPSA) is 90.2 Å². The van der Waals surface area contributed by atoms with Crippen molar-refractivity contribution in [3.05, 3.63) is 25.4 Å². The predicted molar refractivity (Wildman–Crippen MR) is 61.6 cm³/mol. The van der Waals surface area contributed by atoms with Crippen molar-refractivity contribution < 1.29 is 22.1 Å². The van der Waals surface area contributed by atoms with E-state index in [0.717, 1.165) is 0 Å². The zero-order valence-electron chi connectivity index (χ0n) is 7.60. The van der Waals surface area contributed by atoms with Crippen LogP contribution in [0.4, 0.5) is 14.5 Å². The summed E-state index contributed by atoms with van der Waals surface area (Å²) in [5.41, 5.74) is -1.80.